The summed E-state index contributed by atoms with van der Waals surface area (Å²) in [5.41, 5.74) is 11.2. The molecule has 0 saturated carbocycles. The summed E-state index contributed by atoms with van der Waals surface area (Å²) in [5, 5.41) is 4.70. The average molecular weight is 515 g/mol. The van der Waals surface area contributed by atoms with E-state index >= 15 is 0 Å². The predicted octanol–water partition coefficient (Wildman–Crippen LogP) is 5.04. The number of likely N-dealkylation sites (N-methyl/N-ethyl adjacent to an activating group) is 1. The number of halogens is 2. The number of nitrogens with zero attached hydrogens (tertiary/aromatic N) is 2. The van der Waals surface area contributed by atoms with Crippen molar-refractivity contribution in [2.24, 2.45) is 5.73 Å². The van der Waals surface area contributed by atoms with Crippen molar-refractivity contribution < 1.29 is 9.47 Å². The number of aromatic nitrogens is 1. The Bertz CT molecular complexity index is 1110. The first kappa shape index (κ1) is 25.9. The molecule has 0 fully saturated rings. The first-order valence-corrected chi connectivity index (χ1v) is 12.6. The molecule has 6 nitrogen and oxygen atoms in total. The lowest BCUT2D eigenvalue weighted by atomic mass is 9.84. The monoisotopic (exact) mass is 514 g/mol. The zero-order chi connectivity index (χ0) is 24.6. The molecule has 2 aromatic carbocycles. The van der Waals surface area contributed by atoms with Gasteiger partial charge in [-0.2, -0.15) is 0 Å². The van der Waals surface area contributed by atoms with Gasteiger partial charge in [0.2, 0.25) is 0 Å². The Kier molecular flexibility index (Phi) is 9.38. The summed E-state index contributed by atoms with van der Waals surface area (Å²) in [4.78, 5) is 6.88. The number of pyridine rings is 1. The Morgan fingerprint density at radius 2 is 1.86 bits per heavy atom. The van der Waals surface area contributed by atoms with Crippen molar-refractivity contribution in [1.82, 2.24) is 9.88 Å². The standard InChI is InChI=1S/C27H32Cl2N4O2/c1-33-17-24(23-14-22(28)15-26(29)25(23)18-33)20-4-2-3-19(13-20)21-5-6-27(32-16-21)31-8-10-35-12-11-34-9-7-30/h2-6,13-16,24H,7-12,17-18,30H2,1H3,(H,31,32)/t24-/m0/s1. The normalized spacial score (nSPS) is 15.7. The molecular formula is C27H32Cl2N4O2. The van der Waals surface area contributed by atoms with Gasteiger partial charge in [0, 0.05) is 53.9 Å². The van der Waals surface area contributed by atoms with Gasteiger partial charge in [-0.3, -0.25) is 0 Å². The molecule has 1 aliphatic rings. The van der Waals surface area contributed by atoms with E-state index in [0.717, 1.165) is 40.6 Å². The molecule has 0 aliphatic carbocycles. The maximum Gasteiger partial charge on any atom is 0.125 e. The minimum absolute atomic E-state index is 0.203. The van der Waals surface area contributed by atoms with E-state index in [4.69, 9.17) is 38.4 Å². The first-order valence-electron chi connectivity index (χ1n) is 11.9. The first-order chi connectivity index (χ1) is 17.0. The second-order valence-electron chi connectivity index (χ2n) is 8.70. The van der Waals surface area contributed by atoms with E-state index in [9.17, 15) is 0 Å². The summed E-state index contributed by atoms with van der Waals surface area (Å²) in [6.07, 6.45) is 1.90. The number of nitrogens with one attached hydrogen (secondary N) is 1. The summed E-state index contributed by atoms with van der Waals surface area (Å²) >= 11 is 12.9. The minimum atomic E-state index is 0.203. The highest BCUT2D eigenvalue weighted by Gasteiger charge is 2.27. The minimum Gasteiger partial charge on any atom is -0.378 e. The second kappa shape index (κ2) is 12.7. The van der Waals surface area contributed by atoms with E-state index in [1.807, 2.05) is 18.3 Å². The summed E-state index contributed by atoms with van der Waals surface area (Å²) in [7, 11) is 2.13. The van der Waals surface area contributed by atoms with Gasteiger partial charge >= 0.3 is 0 Å². The fourth-order valence-electron chi connectivity index (χ4n) is 4.39. The molecule has 0 radical (unpaired) electrons. The predicted molar refractivity (Wildman–Crippen MR) is 143 cm³/mol. The zero-order valence-electron chi connectivity index (χ0n) is 20.0. The molecule has 35 heavy (non-hydrogen) atoms. The van der Waals surface area contributed by atoms with Gasteiger partial charge in [-0.05, 0) is 53.6 Å². The van der Waals surface area contributed by atoms with Crippen molar-refractivity contribution in [3.63, 3.8) is 0 Å². The van der Waals surface area contributed by atoms with Crippen LogP contribution in [0.15, 0.2) is 54.7 Å². The Morgan fingerprint density at radius 3 is 2.63 bits per heavy atom. The highest BCUT2D eigenvalue weighted by atomic mass is 35.5. The molecule has 8 heteroatoms. The topological polar surface area (TPSA) is 72.6 Å². The molecule has 3 aromatic rings. The van der Waals surface area contributed by atoms with Crippen LogP contribution in [0.4, 0.5) is 5.82 Å². The molecule has 186 valence electrons. The van der Waals surface area contributed by atoms with Crippen molar-refractivity contribution in [3.8, 4) is 11.1 Å². The number of fused-ring (bicyclic) bond motifs is 1. The highest BCUT2D eigenvalue weighted by Crippen LogP contribution is 2.39. The van der Waals surface area contributed by atoms with E-state index < -0.39 is 0 Å². The van der Waals surface area contributed by atoms with Crippen molar-refractivity contribution >= 4 is 29.0 Å². The third-order valence-corrected chi connectivity index (χ3v) is 6.62. The van der Waals surface area contributed by atoms with Crippen molar-refractivity contribution in [1.29, 1.82) is 0 Å². The molecule has 0 spiro atoms. The number of benzene rings is 2. The lowest BCUT2D eigenvalue weighted by Gasteiger charge is -2.33. The molecule has 0 amide bonds. The fourth-order valence-corrected chi connectivity index (χ4v) is 4.96. The molecule has 0 saturated heterocycles. The van der Waals surface area contributed by atoms with E-state index in [-0.39, 0.29) is 5.92 Å². The Morgan fingerprint density at radius 1 is 1.03 bits per heavy atom. The summed E-state index contributed by atoms with van der Waals surface area (Å²) in [6, 6.07) is 16.6. The van der Waals surface area contributed by atoms with Crippen LogP contribution < -0.4 is 11.1 Å². The van der Waals surface area contributed by atoms with Crippen molar-refractivity contribution in [2.75, 3.05) is 58.4 Å². The third kappa shape index (κ3) is 6.94. The van der Waals surface area contributed by atoms with Crippen LogP contribution in [0.1, 0.15) is 22.6 Å². The van der Waals surface area contributed by atoms with Crippen LogP contribution in [0.25, 0.3) is 11.1 Å². The van der Waals surface area contributed by atoms with Crippen LogP contribution in [0.2, 0.25) is 10.0 Å². The quantitative estimate of drug-likeness (QED) is 0.349. The van der Waals surface area contributed by atoms with E-state index in [1.54, 1.807) is 0 Å². The molecule has 0 unspecified atom stereocenters. The van der Waals surface area contributed by atoms with E-state index in [1.165, 1.54) is 11.1 Å². The lowest BCUT2D eigenvalue weighted by molar-refractivity contribution is 0.0547. The molecule has 1 aliphatic heterocycles. The van der Waals surface area contributed by atoms with Gasteiger partial charge in [-0.25, -0.2) is 4.98 Å². The maximum atomic E-state index is 6.54. The molecule has 0 bridgehead atoms. The molecule has 1 atom stereocenters. The summed E-state index contributed by atoms with van der Waals surface area (Å²) < 4.78 is 10.8. The molecular weight excluding hydrogens is 483 g/mol. The van der Waals surface area contributed by atoms with Crippen LogP contribution in [0.5, 0.6) is 0 Å². The van der Waals surface area contributed by atoms with Gasteiger partial charge in [-0.1, -0.05) is 47.5 Å². The zero-order valence-corrected chi connectivity index (χ0v) is 21.5. The van der Waals surface area contributed by atoms with Crippen LogP contribution in [0, 0.1) is 0 Å². The summed E-state index contributed by atoms with van der Waals surface area (Å²) in [5.74, 6) is 1.02. The third-order valence-electron chi connectivity index (χ3n) is 6.06. The maximum absolute atomic E-state index is 6.54. The van der Waals surface area contributed by atoms with Gasteiger partial charge in [0.15, 0.2) is 0 Å². The van der Waals surface area contributed by atoms with Crippen molar-refractivity contribution in [2.45, 2.75) is 12.5 Å². The number of hydrogen-bond acceptors (Lipinski definition) is 6. The smallest absolute Gasteiger partial charge is 0.125 e. The van der Waals surface area contributed by atoms with Crippen LogP contribution in [-0.2, 0) is 16.0 Å². The van der Waals surface area contributed by atoms with E-state index in [0.29, 0.717) is 44.5 Å². The van der Waals surface area contributed by atoms with Gasteiger partial charge in [0.1, 0.15) is 5.82 Å². The molecule has 1 aromatic heterocycles. The fraction of sp³-hybridized carbons (Fsp3) is 0.370. The Hall–Kier alpha value is -2.19. The van der Waals surface area contributed by atoms with E-state index in [2.05, 4.69) is 58.6 Å². The number of hydrogen-bond donors (Lipinski definition) is 2. The summed E-state index contributed by atoms with van der Waals surface area (Å²) in [6.45, 7) is 5.22. The Balaban J connectivity index is 1.40. The second-order valence-corrected chi connectivity index (χ2v) is 9.55. The van der Waals surface area contributed by atoms with Crippen molar-refractivity contribution in [3.05, 3.63) is 81.5 Å². The van der Waals surface area contributed by atoms with Crippen LogP contribution in [0.3, 0.4) is 0 Å². The van der Waals surface area contributed by atoms with Gasteiger partial charge in [0.05, 0.1) is 26.4 Å². The molecule has 4 rings (SSSR count). The number of rotatable bonds is 11. The Labute approximate surface area is 217 Å². The number of nitrogens with two attached hydrogens (primary N) is 1. The van der Waals surface area contributed by atoms with Gasteiger partial charge in [0.25, 0.3) is 0 Å². The lowest BCUT2D eigenvalue weighted by Crippen LogP contribution is -2.31. The highest BCUT2D eigenvalue weighted by molar-refractivity contribution is 6.35. The van der Waals surface area contributed by atoms with Gasteiger partial charge in [-0.15, -0.1) is 0 Å². The molecule has 2 heterocycles. The molecule has 3 N–H and O–H groups in total. The number of anilines is 1. The average Bonchev–Trinajstić information content (AvgIpc) is 2.86. The van der Waals surface area contributed by atoms with Gasteiger partial charge < -0.3 is 25.4 Å². The number of ether oxygens (including phenoxy) is 2. The van der Waals surface area contributed by atoms with Crippen LogP contribution in [-0.4, -0.2) is 63.0 Å². The largest absolute Gasteiger partial charge is 0.378 e. The SMILES string of the molecule is CN1Cc2c(Cl)cc(Cl)cc2[C@H](c2cccc(-c3ccc(NCCOCCOCCN)nc3)c2)C1. The van der Waals surface area contributed by atoms with Crippen LogP contribution >= 0.6 is 23.2 Å².